The Balaban J connectivity index is 2.29. The second-order valence-electron chi connectivity index (χ2n) is 4.51. The van der Waals surface area contributed by atoms with Crippen molar-refractivity contribution in [2.24, 2.45) is 0 Å². The van der Waals surface area contributed by atoms with E-state index in [-0.39, 0.29) is 21.9 Å². The molecule has 0 bridgehead atoms. The molecule has 8 nitrogen and oxygen atoms in total. The van der Waals surface area contributed by atoms with Gasteiger partial charge in [0.1, 0.15) is 0 Å². The molecule has 0 fully saturated rings. The molecule has 1 aromatic carbocycles. The zero-order chi connectivity index (χ0) is 17.7. The predicted molar refractivity (Wildman–Crippen MR) is 83.2 cm³/mol. The number of rotatable bonds is 5. The zero-order valence-electron chi connectivity index (χ0n) is 12.8. The number of esters is 1. The first-order valence-electron chi connectivity index (χ1n) is 6.63. The first-order valence-corrected chi connectivity index (χ1v) is 8.12. The van der Waals surface area contributed by atoms with Crippen molar-refractivity contribution in [1.82, 2.24) is 9.71 Å². The summed E-state index contributed by atoms with van der Waals surface area (Å²) in [5, 5.41) is 0. The van der Waals surface area contributed by atoms with Crippen LogP contribution in [0.25, 0.3) is 0 Å². The van der Waals surface area contributed by atoms with Gasteiger partial charge < -0.3 is 9.47 Å². The number of carbonyl (C=O) groups excluding carboxylic acids is 2. The van der Waals surface area contributed by atoms with E-state index < -0.39 is 21.9 Å². The van der Waals surface area contributed by atoms with Crippen molar-refractivity contribution in [3.05, 3.63) is 53.9 Å². The smallest absolute Gasteiger partial charge is 0.360 e. The summed E-state index contributed by atoms with van der Waals surface area (Å²) in [6.45, 7) is 0. The van der Waals surface area contributed by atoms with Gasteiger partial charge in [0.25, 0.3) is 15.9 Å². The maximum atomic E-state index is 12.2. The van der Waals surface area contributed by atoms with Crippen LogP contribution in [0.15, 0.2) is 47.5 Å². The number of aromatic nitrogens is 1. The van der Waals surface area contributed by atoms with Gasteiger partial charge in [0.15, 0.2) is 11.4 Å². The Morgan fingerprint density at radius 3 is 2.38 bits per heavy atom. The number of hydrogen-bond donors (Lipinski definition) is 1. The Bertz CT molecular complexity index is 865. The Kier molecular flexibility index (Phi) is 5.14. The largest absolute Gasteiger partial charge is 0.494 e. The van der Waals surface area contributed by atoms with Crippen LogP contribution in [0.1, 0.15) is 20.8 Å². The number of ether oxygens (including phenoxy) is 2. The number of amides is 1. The molecule has 9 heteroatoms. The lowest BCUT2D eigenvalue weighted by Crippen LogP contribution is -2.30. The summed E-state index contributed by atoms with van der Waals surface area (Å²) < 4.78 is 35.7. The highest BCUT2D eigenvalue weighted by molar-refractivity contribution is 7.90. The van der Waals surface area contributed by atoms with Gasteiger partial charge in [0, 0.05) is 6.20 Å². The van der Waals surface area contributed by atoms with Gasteiger partial charge in [-0.2, -0.15) is 0 Å². The molecule has 0 aliphatic carbocycles. The molecule has 0 saturated carbocycles. The summed E-state index contributed by atoms with van der Waals surface area (Å²) in [5.74, 6) is -1.65. The summed E-state index contributed by atoms with van der Waals surface area (Å²) in [4.78, 5) is 27.4. The molecular weight excluding hydrogens is 336 g/mol. The summed E-state index contributed by atoms with van der Waals surface area (Å²) in [5.41, 5.74) is -0.207. The minimum absolute atomic E-state index is 0.00777. The standard InChI is InChI=1S/C15H14N2O6S/c1-22-12-8-10(9-16-13(12)15(19)23-2)14(18)17-24(20,21)11-6-4-3-5-7-11/h3-9H,1-2H3,(H,17,18). The van der Waals surface area contributed by atoms with Crippen molar-refractivity contribution in [3.63, 3.8) is 0 Å². The monoisotopic (exact) mass is 350 g/mol. The van der Waals surface area contributed by atoms with Crippen LogP contribution < -0.4 is 9.46 Å². The second kappa shape index (κ2) is 7.09. The predicted octanol–water partition coefficient (Wildman–Crippen LogP) is 0.996. The van der Waals surface area contributed by atoms with Crippen LogP contribution in [0.3, 0.4) is 0 Å². The van der Waals surface area contributed by atoms with Gasteiger partial charge in [-0.3, -0.25) is 4.79 Å². The molecule has 2 rings (SSSR count). The van der Waals surface area contributed by atoms with E-state index >= 15 is 0 Å². The van der Waals surface area contributed by atoms with E-state index in [1.807, 2.05) is 4.72 Å². The number of nitrogens with one attached hydrogen (secondary N) is 1. The minimum Gasteiger partial charge on any atom is -0.494 e. The van der Waals surface area contributed by atoms with Gasteiger partial charge in [-0.25, -0.2) is 22.9 Å². The van der Waals surface area contributed by atoms with E-state index in [2.05, 4.69) is 9.72 Å². The fraction of sp³-hybridized carbons (Fsp3) is 0.133. The molecule has 0 unspecified atom stereocenters. The summed E-state index contributed by atoms with van der Waals surface area (Å²) in [7, 11) is -1.56. The first kappa shape index (κ1) is 17.4. The van der Waals surface area contributed by atoms with E-state index in [4.69, 9.17) is 4.74 Å². The number of hydrogen-bond acceptors (Lipinski definition) is 7. The first-order chi connectivity index (χ1) is 11.4. The van der Waals surface area contributed by atoms with Crippen LogP contribution >= 0.6 is 0 Å². The molecular formula is C15H14N2O6S. The maximum absolute atomic E-state index is 12.2. The fourth-order valence-electron chi connectivity index (χ4n) is 1.81. The molecule has 0 aliphatic heterocycles. The van der Waals surface area contributed by atoms with E-state index in [0.717, 1.165) is 6.20 Å². The van der Waals surface area contributed by atoms with E-state index in [9.17, 15) is 18.0 Å². The second-order valence-corrected chi connectivity index (χ2v) is 6.20. The molecule has 1 N–H and O–H groups in total. The Morgan fingerprint density at radius 2 is 1.79 bits per heavy atom. The average Bonchev–Trinajstić information content (AvgIpc) is 2.60. The molecule has 1 aromatic heterocycles. The molecule has 0 saturated heterocycles. The van der Waals surface area contributed by atoms with Crippen molar-refractivity contribution in [2.75, 3.05) is 14.2 Å². The zero-order valence-corrected chi connectivity index (χ0v) is 13.7. The molecule has 2 aromatic rings. The normalized spacial score (nSPS) is 10.8. The number of pyridine rings is 1. The van der Waals surface area contributed by atoms with Crippen LogP contribution in [0.5, 0.6) is 5.75 Å². The molecule has 126 valence electrons. The lowest BCUT2D eigenvalue weighted by atomic mass is 10.2. The Morgan fingerprint density at radius 1 is 1.12 bits per heavy atom. The van der Waals surface area contributed by atoms with Gasteiger partial charge in [0.2, 0.25) is 0 Å². The van der Waals surface area contributed by atoms with Crippen LogP contribution in [0, 0.1) is 0 Å². The third-order valence-corrected chi connectivity index (χ3v) is 4.34. The van der Waals surface area contributed by atoms with E-state index in [0.29, 0.717) is 0 Å². The van der Waals surface area contributed by atoms with Crippen molar-refractivity contribution in [1.29, 1.82) is 0 Å². The fourth-order valence-corrected chi connectivity index (χ4v) is 2.81. The lowest BCUT2D eigenvalue weighted by Gasteiger charge is -2.09. The van der Waals surface area contributed by atoms with Gasteiger partial charge in [-0.15, -0.1) is 0 Å². The number of sulfonamides is 1. The molecule has 0 spiro atoms. The average molecular weight is 350 g/mol. The van der Waals surface area contributed by atoms with E-state index in [1.165, 1.54) is 44.6 Å². The highest BCUT2D eigenvalue weighted by Crippen LogP contribution is 2.19. The minimum atomic E-state index is -4.02. The molecule has 0 aliphatic rings. The van der Waals surface area contributed by atoms with E-state index in [1.54, 1.807) is 6.07 Å². The molecule has 24 heavy (non-hydrogen) atoms. The number of nitrogens with zero attached hydrogens (tertiary/aromatic N) is 1. The number of benzene rings is 1. The third kappa shape index (κ3) is 3.69. The molecule has 0 atom stereocenters. The molecule has 1 amide bonds. The van der Waals surface area contributed by atoms with Crippen molar-refractivity contribution in [2.45, 2.75) is 4.90 Å². The highest BCUT2D eigenvalue weighted by atomic mass is 32.2. The van der Waals surface area contributed by atoms with Crippen LogP contribution in [-0.4, -0.2) is 39.5 Å². The van der Waals surface area contributed by atoms with Gasteiger partial charge >= 0.3 is 5.97 Å². The third-order valence-electron chi connectivity index (χ3n) is 2.99. The summed E-state index contributed by atoms with van der Waals surface area (Å²) in [6.07, 6.45) is 1.06. The summed E-state index contributed by atoms with van der Waals surface area (Å²) in [6, 6.07) is 8.64. The topological polar surface area (TPSA) is 112 Å². The highest BCUT2D eigenvalue weighted by Gasteiger charge is 2.21. The maximum Gasteiger partial charge on any atom is 0.360 e. The van der Waals surface area contributed by atoms with Gasteiger partial charge in [0.05, 0.1) is 24.7 Å². The summed E-state index contributed by atoms with van der Waals surface area (Å²) >= 11 is 0. The SMILES string of the molecule is COC(=O)c1ncc(C(=O)NS(=O)(=O)c2ccccc2)cc1OC. The van der Waals surface area contributed by atoms with Crippen LogP contribution in [0.4, 0.5) is 0 Å². The molecule has 0 radical (unpaired) electrons. The van der Waals surface area contributed by atoms with Gasteiger partial charge in [-0.1, -0.05) is 18.2 Å². The number of carbonyl (C=O) groups is 2. The Hall–Kier alpha value is -2.94. The number of methoxy groups -OCH3 is 2. The van der Waals surface area contributed by atoms with Crippen molar-refractivity contribution >= 4 is 21.9 Å². The van der Waals surface area contributed by atoms with Crippen molar-refractivity contribution in [3.8, 4) is 5.75 Å². The quantitative estimate of drug-likeness (QED) is 0.801. The van der Waals surface area contributed by atoms with Crippen LogP contribution in [-0.2, 0) is 14.8 Å². The molecule has 1 heterocycles. The van der Waals surface area contributed by atoms with Crippen LogP contribution in [0.2, 0.25) is 0 Å². The van der Waals surface area contributed by atoms with Crippen molar-refractivity contribution < 1.29 is 27.5 Å². The van der Waals surface area contributed by atoms with Gasteiger partial charge in [-0.05, 0) is 18.2 Å². The lowest BCUT2D eigenvalue weighted by molar-refractivity contribution is 0.0589. The Labute approximate surface area is 138 Å².